The van der Waals surface area contributed by atoms with Crippen molar-refractivity contribution in [3.8, 4) is 0 Å². The number of hydrogen-bond acceptors (Lipinski definition) is 8. The third-order valence-electron chi connectivity index (χ3n) is 18.0. The quantitative estimate of drug-likeness (QED) is 0.163. The van der Waals surface area contributed by atoms with Crippen LogP contribution < -0.4 is 9.80 Å². The summed E-state index contributed by atoms with van der Waals surface area (Å²) in [6.45, 7) is 0. The first-order chi connectivity index (χ1) is 42.6. The second kappa shape index (κ2) is 16.9. The Hall–Kier alpha value is -11.7. The Labute approximate surface area is 486 Å². The molecule has 0 unspecified atom stereocenters. The standard InChI is InChI=1S/C78H42N2O6/c1-3-11-51-43(9-1)17-33-65-75(51)59-27-21-47(39-71(59)83-65)79(45-19-25-55-53-13-5-7-15-63(53)81-69(55)37-45)49-23-29-61-73(41-49)85-67-35-31-58-57(77(61)67)32-36-68-78(58)62-30-24-50(42-74(62)86-68)80(46-20-26-56-54-14-6-8-16-64(54)82-70(56)38-46)48-22-28-60-72(40-48)84-66-34-18-44-10-2-4-12-52(44)76(60)66/h1-42H. The van der Waals surface area contributed by atoms with Gasteiger partial charge >= 0.3 is 0 Å². The number of furan rings is 6. The van der Waals surface area contributed by atoms with Crippen LogP contribution in [0.5, 0.6) is 0 Å². The lowest BCUT2D eigenvalue weighted by Crippen LogP contribution is -2.09. The average Bonchev–Trinajstić information content (AvgIpc) is 2.56. The van der Waals surface area contributed by atoms with Crippen LogP contribution in [-0.2, 0) is 0 Å². The van der Waals surface area contributed by atoms with Crippen molar-refractivity contribution in [3.05, 3.63) is 255 Å². The van der Waals surface area contributed by atoms with E-state index in [-0.39, 0.29) is 0 Å². The maximum atomic E-state index is 6.89. The summed E-state index contributed by atoms with van der Waals surface area (Å²) in [5.41, 5.74) is 15.4. The first kappa shape index (κ1) is 45.8. The van der Waals surface area contributed by atoms with Crippen molar-refractivity contribution in [2.75, 3.05) is 9.80 Å². The minimum Gasteiger partial charge on any atom is -0.456 e. The topological polar surface area (TPSA) is 85.3 Å². The lowest BCUT2D eigenvalue weighted by molar-refractivity contribution is 0.667. The lowest BCUT2D eigenvalue weighted by Gasteiger charge is -2.25. The van der Waals surface area contributed by atoms with E-state index in [2.05, 4.69) is 240 Å². The van der Waals surface area contributed by atoms with Crippen molar-refractivity contribution in [3.63, 3.8) is 0 Å². The molecule has 0 aliphatic rings. The average molecular weight is 1100 g/mol. The minimum absolute atomic E-state index is 0.771. The van der Waals surface area contributed by atoms with Crippen molar-refractivity contribution in [1.82, 2.24) is 0 Å². The van der Waals surface area contributed by atoms with E-state index >= 15 is 0 Å². The van der Waals surface area contributed by atoms with Crippen molar-refractivity contribution < 1.29 is 26.5 Å². The van der Waals surface area contributed by atoms with Gasteiger partial charge in [-0.05, 0) is 154 Å². The van der Waals surface area contributed by atoms with Gasteiger partial charge in [-0.1, -0.05) is 97.1 Å². The summed E-state index contributed by atoms with van der Waals surface area (Å²) in [7, 11) is 0. The SMILES string of the molecule is c1ccc2c(c1)ccc1oc3cc(N(c4ccc5c(c4)oc4ccccc45)c4ccc5c(c4)oc4ccc6c(ccc7oc8cc(N(c9ccc%10c(c9)oc9ccccc9%10)c9ccc%10c(c9)oc9ccc%11ccccc%11c9%10)ccc8c76)c45)ccc3c12. The Morgan fingerprint density at radius 1 is 0.163 bits per heavy atom. The highest BCUT2D eigenvalue weighted by molar-refractivity contribution is 6.28. The molecule has 8 nitrogen and oxygen atoms in total. The molecule has 0 saturated carbocycles. The van der Waals surface area contributed by atoms with Gasteiger partial charge in [0.25, 0.3) is 0 Å². The van der Waals surface area contributed by atoms with Crippen LogP contribution in [0.3, 0.4) is 0 Å². The first-order valence-electron chi connectivity index (χ1n) is 28.9. The maximum absolute atomic E-state index is 6.89. The molecule has 86 heavy (non-hydrogen) atoms. The molecule has 0 spiro atoms. The van der Waals surface area contributed by atoms with Crippen LogP contribution >= 0.6 is 0 Å². The predicted octanol–water partition coefficient (Wildman–Crippen LogP) is 23.5. The largest absolute Gasteiger partial charge is 0.456 e. The summed E-state index contributed by atoms with van der Waals surface area (Å²) in [6.07, 6.45) is 0. The van der Waals surface area contributed by atoms with Crippen LogP contribution in [0.2, 0.25) is 0 Å². The lowest BCUT2D eigenvalue weighted by atomic mass is 9.99. The van der Waals surface area contributed by atoms with E-state index in [4.69, 9.17) is 26.5 Å². The minimum atomic E-state index is 0.771. The van der Waals surface area contributed by atoms with Gasteiger partial charge < -0.3 is 36.3 Å². The van der Waals surface area contributed by atoms with Crippen molar-refractivity contribution in [1.29, 1.82) is 0 Å². The zero-order valence-electron chi connectivity index (χ0n) is 45.6. The molecule has 0 amide bonds. The fourth-order valence-corrected chi connectivity index (χ4v) is 14.2. The predicted molar refractivity (Wildman–Crippen MR) is 352 cm³/mol. The number of anilines is 6. The molecule has 400 valence electrons. The number of fused-ring (bicyclic) bond motifs is 25. The summed E-state index contributed by atoms with van der Waals surface area (Å²) >= 11 is 0. The van der Waals surface area contributed by atoms with Crippen LogP contribution in [-0.4, -0.2) is 0 Å². The summed E-state index contributed by atoms with van der Waals surface area (Å²) < 4.78 is 40.1. The van der Waals surface area contributed by atoms with Gasteiger partial charge in [0.05, 0.1) is 0 Å². The van der Waals surface area contributed by atoms with Gasteiger partial charge in [0, 0.05) is 135 Å². The van der Waals surface area contributed by atoms with E-state index in [9.17, 15) is 0 Å². The highest BCUT2D eigenvalue weighted by Crippen LogP contribution is 2.48. The highest BCUT2D eigenvalue weighted by Gasteiger charge is 2.24. The second-order valence-electron chi connectivity index (χ2n) is 22.7. The van der Waals surface area contributed by atoms with Gasteiger partial charge in [0.1, 0.15) is 67.0 Å². The van der Waals surface area contributed by atoms with Gasteiger partial charge in [-0.2, -0.15) is 0 Å². The van der Waals surface area contributed by atoms with E-state index in [1.807, 2.05) is 24.3 Å². The monoisotopic (exact) mass is 1100 g/mol. The van der Waals surface area contributed by atoms with Crippen LogP contribution in [0.1, 0.15) is 0 Å². The van der Waals surface area contributed by atoms with E-state index in [0.717, 1.165) is 177 Å². The molecule has 0 N–H and O–H groups in total. The fourth-order valence-electron chi connectivity index (χ4n) is 14.2. The Kier molecular flexibility index (Phi) is 9.03. The first-order valence-corrected chi connectivity index (χ1v) is 28.9. The zero-order valence-corrected chi connectivity index (χ0v) is 45.6. The van der Waals surface area contributed by atoms with Gasteiger partial charge in [0.15, 0.2) is 0 Å². The Bertz CT molecular complexity index is 5940. The third kappa shape index (κ3) is 6.46. The second-order valence-corrected chi connectivity index (χ2v) is 22.7. The molecule has 6 heterocycles. The summed E-state index contributed by atoms with van der Waals surface area (Å²) in [5.74, 6) is 0. The number of rotatable bonds is 6. The highest BCUT2D eigenvalue weighted by atomic mass is 16.3. The summed E-state index contributed by atoms with van der Waals surface area (Å²) in [5, 5.41) is 19.6. The molecule has 0 fully saturated rings. The van der Waals surface area contributed by atoms with Crippen molar-refractivity contribution >= 4 is 198 Å². The fraction of sp³-hybridized carbons (Fsp3) is 0. The molecule has 0 saturated heterocycles. The number of benzene rings is 14. The Balaban J connectivity index is 0.728. The molecule has 20 rings (SSSR count). The molecule has 0 aliphatic heterocycles. The van der Waals surface area contributed by atoms with E-state index in [1.165, 1.54) is 21.5 Å². The summed E-state index contributed by atoms with van der Waals surface area (Å²) in [4.78, 5) is 4.52. The van der Waals surface area contributed by atoms with Gasteiger partial charge in [-0.25, -0.2) is 0 Å². The van der Waals surface area contributed by atoms with Crippen LogP contribution in [0.25, 0.3) is 164 Å². The summed E-state index contributed by atoms with van der Waals surface area (Å²) in [6, 6.07) is 89.3. The molecule has 0 aliphatic carbocycles. The molecule has 6 aromatic heterocycles. The normalized spacial score (nSPS) is 12.4. The van der Waals surface area contributed by atoms with Crippen molar-refractivity contribution in [2.24, 2.45) is 0 Å². The zero-order chi connectivity index (χ0) is 55.9. The van der Waals surface area contributed by atoms with E-state index < -0.39 is 0 Å². The Morgan fingerprint density at radius 2 is 0.407 bits per heavy atom. The van der Waals surface area contributed by atoms with Crippen LogP contribution in [0.15, 0.2) is 281 Å². The van der Waals surface area contributed by atoms with E-state index in [1.54, 1.807) is 0 Å². The van der Waals surface area contributed by atoms with Gasteiger partial charge in [0.2, 0.25) is 0 Å². The maximum Gasteiger partial charge on any atom is 0.137 e. The number of hydrogen-bond donors (Lipinski definition) is 0. The third-order valence-corrected chi connectivity index (χ3v) is 18.0. The molecule has 20 aromatic rings. The molecule has 14 aromatic carbocycles. The molecule has 0 bridgehead atoms. The van der Waals surface area contributed by atoms with Gasteiger partial charge in [-0.3, -0.25) is 0 Å². The van der Waals surface area contributed by atoms with E-state index in [0.29, 0.717) is 0 Å². The van der Waals surface area contributed by atoms with Crippen molar-refractivity contribution in [2.45, 2.75) is 0 Å². The smallest absolute Gasteiger partial charge is 0.137 e. The molecular weight excluding hydrogens is 1060 g/mol. The van der Waals surface area contributed by atoms with Gasteiger partial charge in [-0.15, -0.1) is 0 Å². The molecule has 8 heteroatoms. The van der Waals surface area contributed by atoms with Crippen LogP contribution in [0, 0.1) is 0 Å². The number of para-hydroxylation sites is 2. The molecule has 0 radical (unpaired) electrons. The Morgan fingerprint density at radius 3 is 0.767 bits per heavy atom. The molecular formula is C78H42N2O6. The molecule has 0 atom stereocenters. The van der Waals surface area contributed by atoms with Crippen LogP contribution in [0.4, 0.5) is 34.1 Å². The number of nitrogens with zero attached hydrogens (tertiary/aromatic N) is 2.